The molecule has 0 bridgehead atoms. The lowest BCUT2D eigenvalue weighted by atomic mass is 9.54. The van der Waals surface area contributed by atoms with Crippen molar-refractivity contribution in [1.29, 1.82) is 0 Å². The van der Waals surface area contributed by atoms with Crippen molar-refractivity contribution in [3.05, 3.63) is 11.6 Å². The van der Waals surface area contributed by atoms with Crippen LogP contribution in [0.15, 0.2) is 11.6 Å². The Morgan fingerprint density at radius 3 is 2.48 bits per heavy atom. The van der Waals surface area contributed by atoms with E-state index in [0.29, 0.717) is 12.8 Å². The van der Waals surface area contributed by atoms with Gasteiger partial charge in [-0.2, -0.15) is 0 Å². The first-order valence-corrected chi connectivity index (χ1v) is 8.70. The van der Waals surface area contributed by atoms with Gasteiger partial charge in [0.25, 0.3) is 0 Å². The number of carbonyl (C=O) groups is 3. The summed E-state index contributed by atoms with van der Waals surface area (Å²) in [5.74, 6) is -1.36. The fraction of sp³-hybridized carbons (Fsp3) is 0.737. The van der Waals surface area contributed by atoms with Crippen molar-refractivity contribution in [2.24, 2.45) is 17.3 Å². The van der Waals surface area contributed by atoms with Gasteiger partial charge in [0.1, 0.15) is 6.10 Å². The summed E-state index contributed by atoms with van der Waals surface area (Å²) in [6.07, 6.45) is 2.47. The second kappa shape index (κ2) is 6.90. The molecule has 0 unspecified atom stereocenters. The van der Waals surface area contributed by atoms with Crippen molar-refractivity contribution in [3.63, 3.8) is 0 Å². The lowest BCUT2D eigenvalue weighted by Crippen LogP contribution is -2.57. The molecule has 2 aliphatic carbocycles. The van der Waals surface area contributed by atoms with Crippen LogP contribution in [0.4, 0.5) is 0 Å². The van der Waals surface area contributed by atoms with E-state index in [2.05, 4.69) is 0 Å². The molecule has 2 aliphatic rings. The van der Waals surface area contributed by atoms with E-state index >= 15 is 0 Å². The predicted molar refractivity (Wildman–Crippen MR) is 90.5 cm³/mol. The van der Waals surface area contributed by atoms with E-state index in [1.165, 1.54) is 13.8 Å². The van der Waals surface area contributed by atoms with Crippen LogP contribution in [-0.4, -0.2) is 41.1 Å². The number of carbonyl (C=O) groups excluding carboxylic acids is 3. The minimum absolute atomic E-state index is 0.0100. The number of ketones is 1. The third-order valence-corrected chi connectivity index (χ3v) is 5.52. The molecule has 4 atom stereocenters. The normalized spacial score (nSPS) is 32.5. The Balaban J connectivity index is 2.49. The standard InChI is InChI=1S/C19H28O6/c1-11-8-14(22)9-19(10-24-12(2)20)7-6-15(18(4,5)23)17(16(11)19)25-13(3)21/h8,15-17,23H,6-7,9-10H2,1-5H3/t15-,16+,17-,19+/m1/s1. The van der Waals surface area contributed by atoms with Gasteiger partial charge in [0.05, 0.1) is 12.2 Å². The van der Waals surface area contributed by atoms with Crippen molar-refractivity contribution >= 4 is 17.7 Å². The fourth-order valence-electron chi connectivity index (χ4n) is 4.58. The van der Waals surface area contributed by atoms with Gasteiger partial charge in [-0.15, -0.1) is 0 Å². The minimum Gasteiger partial charge on any atom is -0.465 e. The number of fused-ring (bicyclic) bond motifs is 1. The molecule has 0 saturated heterocycles. The Bertz CT molecular complexity index is 600. The van der Waals surface area contributed by atoms with E-state index in [1.54, 1.807) is 19.9 Å². The zero-order valence-electron chi connectivity index (χ0n) is 15.6. The fourth-order valence-corrected chi connectivity index (χ4v) is 4.58. The maximum absolute atomic E-state index is 12.2. The second-order valence-corrected chi connectivity index (χ2v) is 8.02. The maximum Gasteiger partial charge on any atom is 0.302 e. The molecule has 140 valence electrons. The van der Waals surface area contributed by atoms with Gasteiger partial charge >= 0.3 is 11.9 Å². The smallest absolute Gasteiger partial charge is 0.302 e. The molecule has 2 rings (SSSR count). The van der Waals surface area contributed by atoms with Crippen molar-refractivity contribution in [2.75, 3.05) is 6.61 Å². The molecular weight excluding hydrogens is 324 g/mol. The largest absolute Gasteiger partial charge is 0.465 e. The number of allylic oxidation sites excluding steroid dienone is 1. The molecule has 0 spiro atoms. The van der Waals surface area contributed by atoms with Crippen LogP contribution in [0.5, 0.6) is 0 Å². The second-order valence-electron chi connectivity index (χ2n) is 8.02. The Hall–Kier alpha value is -1.69. The number of rotatable bonds is 4. The SMILES string of the molecule is CC(=O)OC[C@@]12CC[C@@H](C(C)(C)O)[C@@H](OC(C)=O)[C@@H]1C(C)=CC(=O)C2. The zero-order valence-corrected chi connectivity index (χ0v) is 15.6. The highest BCUT2D eigenvalue weighted by atomic mass is 16.5. The summed E-state index contributed by atoms with van der Waals surface area (Å²) in [4.78, 5) is 35.3. The summed E-state index contributed by atoms with van der Waals surface area (Å²) in [6.45, 7) is 8.05. The molecule has 25 heavy (non-hydrogen) atoms. The van der Waals surface area contributed by atoms with E-state index in [4.69, 9.17) is 9.47 Å². The van der Waals surface area contributed by atoms with Gasteiger partial charge in [0, 0.05) is 37.5 Å². The van der Waals surface area contributed by atoms with Crippen molar-refractivity contribution in [3.8, 4) is 0 Å². The quantitative estimate of drug-likeness (QED) is 0.780. The van der Waals surface area contributed by atoms with Crippen LogP contribution in [0.3, 0.4) is 0 Å². The van der Waals surface area contributed by atoms with Crippen LogP contribution in [0.2, 0.25) is 0 Å². The molecule has 1 saturated carbocycles. The zero-order chi connectivity index (χ0) is 19.0. The number of aliphatic hydroxyl groups is 1. The average molecular weight is 352 g/mol. The molecular formula is C19H28O6. The van der Waals surface area contributed by atoms with E-state index in [9.17, 15) is 19.5 Å². The van der Waals surface area contributed by atoms with Gasteiger partial charge in [0.15, 0.2) is 5.78 Å². The summed E-state index contributed by atoms with van der Waals surface area (Å²) in [5, 5.41) is 10.6. The van der Waals surface area contributed by atoms with Crippen molar-refractivity contribution in [1.82, 2.24) is 0 Å². The molecule has 6 heteroatoms. The first-order chi connectivity index (χ1) is 11.5. The van der Waals surface area contributed by atoms with Crippen LogP contribution in [0, 0.1) is 17.3 Å². The molecule has 0 aromatic rings. The van der Waals surface area contributed by atoms with Crippen molar-refractivity contribution in [2.45, 2.75) is 65.6 Å². The molecule has 0 aromatic heterocycles. The van der Waals surface area contributed by atoms with Crippen LogP contribution in [0.1, 0.15) is 53.9 Å². The highest BCUT2D eigenvalue weighted by Gasteiger charge is 2.56. The molecule has 1 fully saturated rings. The van der Waals surface area contributed by atoms with Gasteiger partial charge in [0.2, 0.25) is 0 Å². The molecule has 0 aromatic carbocycles. The van der Waals surface area contributed by atoms with Crippen LogP contribution >= 0.6 is 0 Å². The lowest BCUT2D eigenvalue weighted by Gasteiger charge is -2.54. The lowest BCUT2D eigenvalue weighted by molar-refractivity contribution is -0.182. The van der Waals surface area contributed by atoms with Crippen molar-refractivity contribution < 1.29 is 29.0 Å². The van der Waals surface area contributed by atoms with Gasteiger partial charge in [-0.05, 0) is 39.7 Å². The van der Waals surface area contributed by atoms with Crippen LogP contribution < -0.4 is 0 Å². The highest BCUT2D eigenvalue weighted by molar-refractivity contribution is 5.92. The number of esters is 2. The first kappa shape index (κ1) is 19.6. The Morgan fingerprint density at radius 2 is 1.96 bits per heavy atom. The van der Waals surface area contributed by atoms with Crippen LogP contribution in [-0.2, 0) is 23.9 Å². The van der Waals surface area contributed by atoms with E-state index in [0.717, 1.165) is 5.57 Å². The van der Waals surface area contributed by atoms with Gasteiger partial charge in [-0.1, -0.05) is 5.57 Å². The Morgan fingerprint density at radius 1 is 1.32 bits per heavy atom. The third kappa shape index (κ3) is 4.11. The average Bonchev–Trinajstić information content (AvgIpc) is 2.42. The number of hydrogen-bond acceptors (Lipinski definition) is 6. The van der Waals surface area contributed by atoms with Gasteiger partial charge in [-0.3, -0.25) is 14.4 Å². The van der Waals surface area contributed by atoms with E-state index < -0.39 is 29.1 Å². The summed E-state index contributed by atoms with van der Waals surface area (Å²) in [5.41, 5.74) is -0.817. The minimum atomic E-state index is -1.03. The monoisotopic (exact) mass is 352 g/mol. The summed E-state index contributed by atoms with van der Waals surface area (Å²) >= 11 is 0. The third-order valence-electron chi connectivity index (χ3n) is 5.52. The molecule has 0 aliphatic heterocycles. The Labute approximate surface area is 148 Å². The first-order valence-electron chi connectivity index (χ1n) is 8.70. The molecule has 0 radical (unpaired) electrons. The number of ether oxygens (including phenoxy) is 2. The Kier molecular flexibility index (Phi) is 5.42. The molecule has 0 heterocycles. The molecule has 1 N–H and O–H groups in total. The highest BCUT2D eigenvalue weighted by Crippen LogP contribution is 2.54. The van der Waals surface area contributed by atoms with E-state index in [-0.39, 0.29) is 30.6 Å². The summed E-state index contributed by atoms with van der Waals surface area (Å²) in [7, 11) is 0. The number of hydrogen-bond donors (Lipinski definition) is 1. The predicted octanol–water partition coefficient (Wildman–Crippen LogP) is 2.18. The summed E-state index contributed by atoms with van der Waals surface area (Å²) < 4.78 is 10.9. The van der Waals surface area contributed by atoms with Gasteiger partial charge in [-0.25, -0.2) is 0 Å². The molecule has 0 amide bonds. The summed E-state index contributed by atoms with van der Waals surface area (Å²) in [6, 6.07) is 0. The van der Waals surface area contributed by atoms with Crippen LogP contribution in [0.25, 0.3) is 0 Å². The molecule has 6 nitrogen and oxygen atoms in total. The van der Waals surface area contributed by atoms with Gasteiger partial charge < -0.3 is 14.6 Å². The topological polar surface area (TPSA) is 89.9 Å². The maximum atomic E-state index is 12.2. The van der Waals surface area contributed by atoms with E-state index in [1.807, 2.05) is 6.92 Å².